The van der Waals surface area contributed by atoms with Gasteiger partial charge in [0, 0.05) is 6.04 Å². The molecular formula is C16H25NO2S. The van der Waals surface area contributed by atoms with Crippen LogP contribution >= 0.6 is 0 Å². The van der Waals surface area contributed by atoms with Gasteiger partial charge in [-0.15, -0.1) is 0 Å². The molecule has 1 N–H and O–H groups in total. The minimum absolute atomic E-state index is 0.143. The first-order chi connectivity index (χ1) is 9.50. The third kappa shape index (κ3) is 4.91. The quantitative estimate of drug-likeness (QED) is 0.802. The third-order valence-electron chi connectivity index (χ3n) is 3.75. The summed E-state index contributed by atoms with van der Waals surface area (Å²) in [5.41, 5.74) is 2.01. The molecular weight excluding hydrogens is 270 g/mol. The Kier molecular flexibility index (Phi) is 5.22. The Morgan fingerprint density at radius 1 is 1.35 bits per heavy atom. The highest BCUT2D eigenvalue weighted by Crippen LogP contribution is 2.33. The lowest BCUT2D eigenvalue weighted by Gasteiger charge is -2.18. The van der Waals surface area contributed by atoms with Gasteiger partial charge in [-0.05, 0) is 44.2 Å². The molecule has 0 amide bonds. The van der Waals surface area contributed by atoms with E-state index in [-0.39, 0.29) is 17.5 Å². The maximum Gasteiger partial charge on any atom is 0.155 e. The first-order valence-electron chi connectivity index (χ1n) is 7.49. The SMILES string of the molecule is CCCNC(CS(=O)(=O)Cc1cccc(C)c1)C1CC1. The highest BCUT2D eigenvalue weighted by molar-refractivity contribution is 7.90. The highest BCUT2D eigenvalue weighted by Gasteiger charge is 2.33. The molecule has 0 spiro atoms. The van der Waals surface area contributed by atoms with E-state index in [1.165, 1.54) is 12.8 Å². The van der Waals surface area contributed by atoms with Crippen LogP contribution in [-0.2, 0) is 15.6 Å². The van der Waals surface area contributed by atoms with Crippen molar-refractivity contribution in [3.63, 3.8) is 0 Å². The Hall–Kier alpha value is -0.870. The molecule has 0 saturated heterocycles. The fourth-order valence-corrected chi connectivity index (χ4v) is 4.32. The van der Waals surface area contributed by atoms with Crippen LogP contribution in [0, 0.1) is 12.8 Å². The van der Waals surface area contributed by atoms with E-state index in [2.05, 4.69) is 12.2 Å². The predicted octanol–water partition coefficient (Wildman–Crippen LogP) is 2.69. The summed E-state index contributed by atoms with van der Waals surface area (Å²) in [7, 11) is -3.05. The van der Waals surface area contributed by atoms with Gasteiger partial charge in [0.1, 0.15) is 0 Å². The van der Waals surface area contributed by atoms with Crippen LogP contribution < -0.4 is 5.32 Å². The van der Waals surface area contributed by atoms with Crippen LogP contribution in [0.1, 0.15) is 37.3 Å². The van der Waals surface area contributed by atoms with Crippen molar-refractivity contribution >= 4 is 9.84 Å². The van der Waals surface area contributed by atoms with Crippen LogP contribution in [0.2, 0.25) is 0 Å². The predicted molar refractivity (Wildman–Crippen MR) is 83.5 cm³/mol. The molecule has 1 fully saturated rings. The molecule has 0 bridgehead atoms. The van der Waals surface area contributed by atoms with Crippen molar-refractivity contribution in [1.29, 1.82) is 0 Å². The Balaban J connectivity index is 1.98. The Morgan fingerprint density at radius 2 is 2.10 bits per heavy atom. The molecule has 20 heavy (non-hydrogen) atoms. The Bertz CT molecular complexity index is 535. The molecule has 1 aliphatic rings. The molecule has 0 radical (unpaired) electrons. The maximum atomic E-state index is 12.4. The van der Waals surface area contributed by atoms with Crippen molar-refractivity contribution in [2.24, 2.45) is 5.92 Å². The van der Waals surface area contributed by atoms with Crippen LogP contribution in [0.4, 0.5) is 0 Å². The van der Waals surface area contributed by atoms with Gasteiger partial charge in [0.25, 0.3) is 0 Å². The average Bonchev–Trinajstić information content (AvgIpc) is 3.18. The first kappa shape index (κ1) is 15.5. The van der Waals surface area contributed by atoms with Crippen molar-refractivity contribution in [2.45, 2.75) is 44.9 Å². The number of benzene rings is 1. The summed E-state index contributed by atoms with van der Waals surface area (Å²) in [5.74, 6) is 0.992. The molecule has 0 heterocycles. The van der Waals surface area contributed by atoms with E-state index >= 15 is 0 Å². The van der Waals surface area contributed by atoms with Gasteiger partial charge in [-0.2, -0.15) is 0 Å². The van der Waals surface area contributed by atoms with E-state index in [0.717, 1.165) is 24.1 Å². The molecule has 1 aliphatic carbocycles. The van der Waals surface area contributed by atoms with Crippen molar-refractivity contribution < 1.29 is 8.42 Å². The third-order valence-corrected chi connectivity index (χ3v) is 5.39. The van der Waals surface area contributed by atoms with Crippen LogP contribution in [0.15, 0.2) is 24.3 Å². The van der Waals surface area contributed by atoms with E-state index < -0.39 is 9.84 Å². The molecule has 1 unspecified atom stereocenters. The van der Waals surface area contributed by atoms with E-state index in [0.29, 0.717) is 5.92 Å². The van der Waals surface area contributed by atoms with Gasteiger partial charge in [-0.25, -0.2) is 8.42 Å². The average molecular weight is 295 g/mol. The zero-order chi connectivity index (χ0) is 14.6. The molecule has 1 atom stereocenters. The summed E-state index contributed by atoms with van der Waals surface area (Å²) in [4.78, 5) is 0. The first-order valence-corrected chi connectivity index (χ1v) is 9.31. The van der Waals surface area contributed by atoms with Gasteiger partial charge in [0.2, 0.25) is 0 Å². The van der Waals surface area contributed by atoms with Crippen LogP contribution in [0.5, 0.6) is 0 Å². The zero-order valence-electron chi connectivity index (χ0n) is 12.4. The molecule has 1 aromatic carbocycles. The standard InChI is InChI=1S/C16H25NO2S/c1-3-9-17-16(15-7-8-15)12-20(18,19)11-14-6-4-5-13(2)10-14/h4-6,10,15-17H,3,7-9,11-12H2,1-2H3. The summed E-state index contributed by atoms with van der Waals surface area (Å²) in [6, 6.07) is 7.92. The molecule has 4 heteroatoms. The second kappa shape index (κ2) is 6.72. The summed E-state index contributed by atoms with van der Waals surface area (Å²) in [6.45, 7) is 5.01. The Morgan fingerprint density at radius 3 is 2.70 bits per heavy atom. The number of hydrogen-bond donors (Lipinski definition) is 1. The van der Waals surface area contributed by atoms with Crippen LogP contribution in [0.3, 0.4) is 0 Å². The molecule has 3 nitrogen and oxygen atoms in total. The summed E-state index contributed by atoms with van der Waals surface area (Å²) >= 11 is 0. The summed E-state index contributed by atoms with van der Waals surface area (Å²) in [6.07, 6.45) is 3.38. The van der Waals surface area contributed by atoms with Gasteiger partial charge >= 0.3 is 0 Å². The molecule has 0 aromatic heterocycles. The van der Waals surface area contributed by atoms with Crippen molar-refractivity contribution in [3.8, 4) is 0 Å². The number of sulfone groups is 1. The van der Waals surface area contributed by atoms with E-state index in [9.17, 15) is 8.42 Å². The van der Waals surface area contributed by atoms with Gasteiger partial charge in [-0.1, -0.05) is 36.8 Å². The monoisotopic (exact) mass is 295 g/mol. The fourth-order valence-electron chi connectivity index (χ4n) is 2.58. The summed E-state index contributed by atoms with van der Waals surface area (Å²) in [5, 5.41) is 3.41. The van der Waals surface area contributed by atoms with Gasteiger partial charge in [0.05, 0.1) is 11.5 Å². The van der Waals surface area contributed by atoms with Gasteiger partial charge in [-0.3, -0.25) is 0 Å². The largest absolute Gasteiger partial charge is 0.313 e. The summed E-state index contributed by atoms with van der Waals surface area (Å²) < 4.78 is 24.8. The minimum Gasteiger partial charge on any atom is -0.313 e. The molecule has 0 aliphatic heterocycles. The molecule has 1 saturated carbocycles. The molecule has 2 rings (SSSR count). The van der Waals surface area contributed by atoms with Gasteiger partial charge < -0.3 is 5.32 Å². The lowest BCUT2D eigenvalue weighted by molar-refractivity contribution is 0.489. The van der Waals surface area contributed by atoms with Crippen molar-refractivity contribution in [2.75, 3.05) is 12.3 Å². The van der Waals surface area contributed by atoms with Crippen molar-refractivity contribution in [3.05, 3.63) is 35.4 Å². The number of nitrogens with one attached hydrogen (secondary N) is 1. The second-order valence-corrected chi connectivity index (χ2v) is 8.05. The van der Waals surface area contributed by atoms with Gasteiger partial charge in [0.15, 0.2) is 9.84 Å². The minimum atomic E-state index is -3.05. The van der Waals surface area contributed by atoms with E-state index in [1.54, 1.807) is 0 Å². The topological polar surface area (TPSA) is 46.2 Å². The smallest absolute Gasteiger partial charge is 0.155 e. The highest BCUT2D eigenvalue weighted by atomic mass is 32.2. The van der Waals surface area contributed by atoms with Crippen molar-refractivity contribution in [1.82, 2.24) is 5.32 Å². The fraction of sp³-hybridized carbons (Fsp3) is 0.625. The second-order valence-electron chi connectivity index (χ2n) is 5.94. The van der Waals surface area contributed by atoms with E-state index in [4.69, 9.17) is 0 Å². The lowest BCUT2D eigenvalue weighted by Crippen LogP contribution is -2.38. The lowest BCUT2D eigenvalue weighted by atomic mass is 10.2. The molecule has 1 aromatic rings. The number of aryl methyl sites for hydroxylation is 1. The van der Waals surface area contributed by atoms with E-state index in [1.807, 2.05) is 31.2 Å². The van der Waals surface area contributed by atoms with Crippen LogP contribution in [-0.4, -0.2) is 26.8 Å². The Labute approximate surface area is 122 Å². The number of rotatable bonds is 8. The maximum absolute atomic E-state index is 12.4. The number of hydrogen-bond acceptors (Lipinski definition) is 3. The normalized spacial score (nSPS) is 17.1. The zero-order valence-corrected chi connectivity index (χ0v) is 13.2. The molecule has 112 valence electrons. The van der Waals surface area contributed by atoms with Crippen LogP contribution in [0.25, 0.3) is 0 Å².